The van der Waals surface area contributed by atoms with Gasteiger partial charge in [0, 0.05) is 12.6 Å². The van der Waals surface area contributed by atoms with Crippen molar-refractivity contribution in [2.75, 3.05) is 19.3 Å². The van der Waals surface area contributed by atoms with E-state index in [9.17, 15) is 8.42 Å². The molecule has 1 aliphatic carbocycles. The van der Waals surface area contributed by atoms with Gasteiger partial charge in [0.2, 0.25) is 10.0 Å². The van der Waals surface area contributed by atoms with E-state index < -0.39 is 10.0 Å². The molecule has 0 aliphatic heterocycles. The second-order valence-electron chi connectivity index (χ2n) is 4.52. The first-order valence-electron chi connectivity index (χ1n) is 6.28. The Morgan fingerprint density at radius 1 is 1.06 bits per heavy atom. The summed E-state index contributed by atoms with van der Waals surface area (Å²) in [6.45, 7) is 0.563. The third-order valence-electron chi connectivity index (χ3n) is 3.22. The minimum atomic E-state index is -3.05. The Kier molecular flexibility index (Phi) is 6.31. The monoisotopic (exact) mass is 248 g/mol. The Bertz CT molecular complexity index is 270. The van der Waals surface area contributed by atoms with Crippen LogP contribution in [0.1, 0.15) is 44.9 Å². The fourth-order valence-corrected chi connectivity index (χ4v) is 2.75. The van der Waals surface area contributed by atoms with Gasteiger partial charge in [0.05, 0.1) is 5.75 Å². The highest BCUT2D eigenvalue weighted by molar-refractivity contribution is 7.89. The first-order chi connectivity index (χ1) is 7.64. The van der Waals surface area contributed by atoms with Crippen molar-refractivity contribution in [3.63, 3.8) is 0 Å². The zero-order valence-electron chi connectivity index (χ0n) is 10.2. The molecule has 1 aliphatic rings. The van der Waals surface area contributed by atoms with Crippen LogP contribution in [-0.2, 0) is 10.0 Å². The lowest BCUT2D eigenvalue weighted by Gasteiger charge is -2.20. The van der Waals surface area contributed by atoms with Crippen molar-refractivity contribution < 1.29 is 8.42 Å². The number of hydrogen-bond acceptors (Lipinski definition) is 3. The first kappa shape index (κ1) is 13.9. The van der Waals surface area contributed by atoms with E-state index >= 15 is 0 Å². The Labute approximate surface area is 99.2 Å². The molecule has 96 valence electrons. The van der Waals surface area contributed by atoms with E-state index in [4.69, 9.17) is 0 Å². The van der Waals surface area contributed by atoms with Gasteiger partial charge in [-0.15, -0.1) is 0 Å². The quantitative estimate of drug-likeness (QED) is 0.769. The standard InChI is InChI=1S/C11H24N2O2S/c1-12-16(14,15)10-9-13-11-7-5-3-2-4-6-8-11/h11-13H,2-10H2,1H3. The summed E-state index contributed by atoms with van der Waals surface area (Å²) in [5.41, 5.74) is 0. The normalized spacial score (nSPS) is 20.3. The van der Waals surface area contributed by atoms with Gasteiger partial charge in [0.25, 0.3) is 0 Å². The molecule has 1 rings (SSSR count). The molecule has 0 radical (unpaired) electrons. The van der Waals surface area contributed by atoms with Crippen molar-refractivity contribution >= 4 is 10.0 Å². The van der Waals surface area contributed by atoms with Crippen LogP contribution in [-0.4, -0.2) is 33.8 Å². The van der Waals surface area contributed by atoms with Crippen molar-refractivity contribution in [3.8, 4) is 0 Å². The molecule has 1 fully saturated rings. The van der Waals surface area contributed by atoms with Gasteiger partial charge in [-0.1, -0.05) is 32.1 Å². The van der Waals surface area contributed by atoms with Crippen LogP contribution in [0.5, 0.6) is 0 Å². The molecular weight excluding hydrogens is 224 g/mol. The fraction of sp³-hybridized carbons (Fsp3) is 1.00. The van der Waals surface area contributed by atoms with E-state index in [1.165, 1.54) is 52.0 Å². The minimum Gasteiger partial charge on any atom is -0.313 e. The fourth-order valence-electron chi connectivity index (χ4n) is 2.16. The Hall–Kier alpha value is -0.130. The van der Waals surface area contributed by atoms with E-state index in [2.05, 4.69) is 10.0 Å². The summed E-state index contributed by atoms with van der Waals surface area (Å²) in [6.07, 6.45) is 8.95. The van der Waals surface area contributed by atoms with Crippen LogP contribution >= 0.6 is 0 Å². The Morgan fingerprint density at radius 2 is 1.62 bits per heavy atom. The highest BCUT2D eigenvalue weighted by Gasteiger charge is 2.12. The number of rotatable bonds is 5. The van der Waals surface area contributed by atoms with Crippen LogP contribution in [0.25, 0.3) is 0 Å². The van der Waals surface area contributed by atoms with Crippen molar-refractivity contribution in [2.24, 2.45) is 0 Å². The molecule has 0 saturated heterocycles. The predicted molar refractivity (Wildman–Crippen MR) is 67.0 cm³/mol. The molecule has 16 heavy (non-hydrogen) atoms. The topological polar surface area (TPSA) is 58.2 Å². The molecule has 0 aromatic carbocycles. The van der Waals surface area contributed by atoms with Gasteiger partial charge in [0.1, 0.15) is 0 Å². The summed E-state index contributed by atoms with van der Waals surface area (Å²) in [4.78, 5) is 0. The molecule has 5 heteroatoms. The minimum absolute atomic E-state index is 0.181. The summed E-state index contributed by atoms with van der Waals surface area (Å²) in [5.74, 6) is 0.181. The maximum absolute atomic E-state index is 11.2. The Balaban J connectivity index is 2.20. The van der Waals surface area contributed by atoms with Crippen LogP contribution in [0.4, 0.5) is 0 Å². The van der Waals surface area contributed by atoms with Gasteiger partial charge in [-0.3, -0.25) is 0 Å². The van der Waals surface area contributed by atoms with Crippen molar-refractivity contribution in [1.82, 2.24) is 10.0 Å². The zero-order chi connectivity index (χ0) is 11.9. The molecule has 0 aromatic heterocycles. The second kappa shape index (κ2) is 7.25. The maximum atomic E-state index is 11.2. The molecule has 0 unspecified atom stereocenters. The number of nitrogens with one attached hydrogen (secondary N) is 2. The van der Waals surface area contributed by atoms with Gasteiger partial charge in [0.15, 0.2) is 0 Å². The van der Waals surface area contributed by atoms with Crippen LogP contribution in [0, 0.1) is 0 Å². The molecule has 4 nitrogen and oxygen atoms in total. The smallest absolute Gasteiger partial charge is 0.212 e. The van der Waals surface area contributed by atoms with Crippen LogP contribution in [0.15, 0.2) is 0 Å². The summed E-state index contributed by atoms with van der Waals surface area (Å²) >= 11 is 0. The van der Waals surface area contributed by atoms with E-state index in [0.29, 0.717) is 12.6 Å². The van der Waals surface area contributed by atoms with Crippen molar-refractivity contribution in [3.05, 3.63) is 0 Å². The molecule has 0 amide bonds. The third-order valence-corrected chi connectivity index (χ3v) is 4.58. The van der Waals surface area contributed by atoms with Gasteiger partial charge < -0.3 is 5.32 Å². The lowest BCUT2D eigenvalue weighted by molar-refractivity contribution is 0.396. The van der Waals surface area contributed by atoms with E-state index in [0.717, 1.165) is 0 Å². The van der Waals surface area contributed by atoms with Crippen LogP contribution in [0.2, 0.25) is 0 Å². The summed E-state index contributed by atoms with van der Waals surface area (Å²) in [6, 6.07) is 0.521. The molecular formula is C11H24N2O2S. The van der Waals surface area contributed by atoms with Crippen LogP contribution in [0.3, 0.4) is 0 Å². The molecule has 1 saturated carbocycles. The van der Waals surface area contributed by atoms with Gasteiger partial charge in [-0.25, -0.2) is 13.1 Å². The SMILES string of the molecule is CNS(=O)(=O)CCNC1CCCCCCC1. The second-order valence-corrected chi connectivity index (χ2v) is 6.57. The van der Waals surface area contributed by atoms with E-state index in [1.54, 1.807) is 0 Å². The average Bonchev–Trinajstić information content (AvgIpc) is 2.21. The molecule has 0 bridgehead atoms. The molecule has 2 N–H and O–H groups in total. The summed E-state index contributed by atoms with van der Waals surface area (Å²) in [5, 5.41) is 3.36. The summed E-state index contributed by atoms with van der Waals surface area (Å²) in [7, 11) is -1.59. The van der Waals surface area contributed by atoms with E-state index in [1.807, 2.05) is 0 Å². The van der Waals surface area contributed by atoms with Crippen molar-refractivity contribution in [1.29, 1.82) is 0 Å². The lowest BCUT2D eigenvalue weighted by atomic mass is 9.97. The lowest BCUT2D eigenvalue weighted by Crippen LogP contribution is -2.36. The molecule has 0 heterocycles. The Morgan fingerprint density at radius 3 is 2.19 bits per heavy atom. The average molecular weight is 248 g/mol. The van der Waals surface area contributed by atoms with Gasteiger partial charge >= 0.3 is 0 Å². The molecule has 0 spiro atoms. The van der Waals surface area contributed by atoms with Gasteiger partial charge in [-0.05, 0) is 19.9 Å². The van der Waals surface area contributed by atoms with Gasteiger partial charge in [-0.2, -0.15) is 0 Å². The van der Waals surface area contributed by atoms with E-state index in [-0.39, 0.29) is 5.75 Å². The highest BCUT2D eigenvalue weighted by Crippen LogP contribution is 2.16. The zero-order valence-corrected chi connectivity index (χ0v) is 11.0. The number of sulfonamides is 1. The first-order valence-corrected chi connectivity index (χ1v) is 7.94. The molecule has 0 atom stereocenters. The predicted octanol–water partition coefficient (Wildman–Crippen LogP) is 1.24. The molecule has 0 aromatic rings. The third kappa shape index (κ3) is 5.82. The van der Waals surface area contributed by atoms with Crippen molar-refractivity contribution in [2.45, 2.75) is 51.0 Å². The maximum Gasteiger partial charge on any atom is 0.212 e. The van der Waals surface area contributed by atoms with Crippen LogP contribution < -0.4 is 10.0 Å². The summed E-state index contributed by atoms with van der Waals surface area (Å²) < 4.78 is 24.8. The highest BCUT2D eigenvalue weighted by atomic mass is 32.2. The largest absolute Gasteiger partial charge is 0.313 e. The number of hydrogen-bond donors (Lipinski definition) is 2.